The quantitative estimate of drug-likeness (QED) is 0.850. The molecule has 102 valence electrons. The number of hydrogen-bond donors (Lipinski definition) is 1. The van der Waals surface area contributed by atoms with Crippen LogP contribution < -0.4 is 10.2 Å². The van der Waals surface area contributed by atoms with Crippen molar-refractivity contribution in [2.75, 3.05) is 24.5 Å². The van der Waals surface area contributed by atoms with Gasteiger partial charge in [-0.15, -0.1) is 0 Å². The van der Waals surface area contributed by atoms with Crippen molar-refractivity contribution in [2.45, 2.75) is 19.1 Å². The first-order valence-electron chi connectivity index (χ1n) is 6.02. The zero-order valence-corrected chi connectivity index (χ0v) is 10.5. The number of piperazine rings is 1. The first-order chi connectivity index (χ1) is 8.93. The lowest BCUT2D eigenvalue weighted by Gasteiger charge is -2.36. The van der Waals surface area contributed by atoms with E-state index in [4.69, 9.17) is 5.26 Å². The Hall–Kier alpha value is -1.74. The van der Waals surface area contributed by atoms with Crippen molar-refractivity contribution >= 4 is 5.69 Å². The first kappa shape index (κ1) is 13.7. The van der Waals surface area contributed by atoms with Gasteiger partial charge in [0, 0.05) is 31.4 Å². The van der Waals surface area contributed by atoms with Gasteiger partial charge in [-0.05, 0) is 25.1 Å². The van der Waals surface area contributed by atoms with Crippen molar-refractivity contribution in [3.05, 3.63) is 29.3 Å². The van der Waals surface area contributed by atoms with Gasteiger partial charge in [-0.1, -0.05) is 0 Å². The molecule has 0 aliphatic carbocycles. The van der Waals surface area contributed by atoms with Crippen molar-refractivity contribution in [3.8, 4) is 6.07 Å². The van der Waals surface area contributed by atoms with Crippen LogP contribution in [0.4, 0.5) is 18.9 Å². The minimum atomic E-state index is -4.50. The lowest BCUT2D eigenvalue weighted by molar-refractivity contribution is -0.137. The number of nitriles is 1. The molecule has 1 aliphatic rings. The summed E-state index contributed by atoms with van der Waals surface area (Å²) in [4.78, 5) is 1.92. The molecule has 1 aromatic rings. The molecule has 0 aromatic heterocycles. The molecule has 1 N–H and O–H groups in total. The molecule has 2 rings (SSSR count). The maximum absolute atomic E-state index is 12.9. The van der Waals surface area contributed by atoms with Gasteiger partial charge in [0.2, 0.25) is 0 Å². The van der Waals surface area contributed by atoms with Crippen molar-refractivity contribution in [3.63, 3.8) is 0 Å². The fourth-order valence-electron chi connectivity index (χ4n) is 2.27. The number of hydrogen-bond acceptors (Lipinski definition) is 3. The number of halogens is 3. The van der Waals surface area contributed by atoms with Crippen LogP contribution in [0.15, 0.2) is 18.2 Å². The molecule has 6 heteroatoms. The molecule has 1 fully saturated rings. The maximum Gasteiger partial charge on any atom is 0.417 e. The molecule has 1 atom stereocenters. The summed E-state index contributed by atoms with van der Waals surface area (Å²) in [7, 11) is 0. The third-order valence-electron chi connectivity index (χ3n) is 3.26. The highest BCUT2D eigenvalue weighted by atomic mass is 19.4. The molecule has 1 aliphatic heterocycles. The fourth-order valence-corrected chi connectivity index (χ4v) is 2.27. The monoisotopic (exact) mass is 269 g/mol. The standard InChI is InChI=1S/C13H14F3N3/c1-9-8-18-4-5-19(9)11-3-2-10(7-17)12(6-11)13(14,15)16/h2-3,6,9,18H,4-5,8H2,1H3/t9-/m1/s1. The highest BCUT2D eigenvalue weighted by molar-refractivity contribution is 5.55. The molecule has 19 heavy (non-hydrogen) atoms. The van der Waals surface area contributed by atoms with Crippen LogP contribution in [0.2, 0.25) is 0 Å². The molecule has 0 radical (unpaired) electrons. The molecule has 0 spiro atoms. The maximum atomic E-state index is 12.9. The summed E-state index contributed by atoms with van der Waals surface area (Å²) in [5.41, 5.74) is -0.683. The number of nitrogens with one attached hydrogen (secondary N) is 1. The predicted octanol–water partition coefficient (Wildman–Crippen LogP) is 2.38. The predicted molar refractivity (Wildman–Crippen MR) is 65.8 cm³/mol. The van der Waals surface area contributed by atoms with Crippen molar-refractivity contribution in [1.29, 1.82) is 5.26 Å². The van der Waals surface area contributed by atoms with Crippen LogP contribution in [0.25, 0.3) is 0 Å². The summed E-state index contributed by atoms with van der Waals surface area (Å²) in [5, 5.41) is 11.9. The van der Waals surface area contributed by atoms with E-state index in [1.54, 1.807) is 12.1 Å². The second-order valence-electron chi connectivity index (χ2n) is 4.59. The van der Waals surface area contributed by atoms with E-state index in [1.165, 1.54) is 6.07 Å². The average Bonchev–Trinajstić information content (AvgIpc) is 2.37. The van der Waals surface area contributed by atoms with Gasteiger partial charge in [0.05, 0.1) is 17.2 Å². The smallest absolute Gasteiger partial charge is 0.366 e. The summed E-state index contributed by atoms with van der Waals surface area (Å²) in [6.45, 7) is 4.09. The molecule has 1 saturated heterocycles. The van der Waals surface area contributed by atoms with E-state index >= 15 is 0 Å². The van der Waals surface area contributed by atoms with Gasteiger partial charge in [0.1, 0.15) is 0 Å². The van der Waals surface area contributed by atoms with Gasteiger partial charge >= 0.3 is 6.18 Å². The molecule has 0 saturated carbocycles. The van der Waals surface area contributed by atoms with E-state index in [9.17, 15) is 13.2 Å². The summed E-state index contributed by atoms with van der Waals surface area (Å²) in [6.07, 6.45) is -4.50. The Kier molecular flexibility index (Phi) is 3.67. The largest absolute Gasteiger partial charge is 0.417 e. The van der Waals surface area contributed by atoms with Crippen LogP contribution in [-0.2, 0) is 6.18 Å². The second-order valence-corrected chi connectivity index (χ2v) is 4.59. The van der Waals surface area contributed by atoms with E-state index in [1.807, 2.05) is 11.8 Å². The number of benzene rings is 1. The Morgan fingerprint density at radius 3 is 2.74 bits per heavy atom. The number of alkyl halides is 3. The molecule has 1 aromatic carbocycles. The van der Waals surface area contributed by atoms with Crippen molar-refractivity contribution < 1.29 is 13.2 Å². The summed E-state index contributed by atoms with van der Waals surface area (Å²) in [5.74, 6) is 0. The molecule has 3 nitrogen and oxygen atoms in total. The molecule has 0 unspecified atom stereocenters. The van der Waals surface area contributed by atoms with Crippen molar-refractivity contribution in [1.82, 2.24) is 5.32 Å². The third-order valence-corrected chi connectivity index (χ3v) is 3.26. The van der Waals surface area contributed by atoms with E-state index in [0.29, 0.717) is 12.2 Å². The van der Waals surface area contributed by atoms with Gasteiger partial charge in [-0.25, -0.2) is 0 Å². The normalized spacial score (nSPS) is 20.2. The lowest BCUT2D eigenvalue weighted by atomic mass is 10.1. The summed E-state index contributed by atoms with van der Waals surface area (Å²) >= 11 is 0. The van der Waals surface area contributed by atoms with E-state index in [2.05, 4.69) is 5.32 Å². The molecule has 0 bridgehead atoms. The molecular weight excluding hydrogens is 255 g/mol. The van der Waals surface area contributed by atoms with Crippen LogP contribution in [0.3, 0.4) is 0 Å². The Labute approximate surface area is 109 Å². The van der Waals surface area contributed by atoms with Crippen molar-refractivity contribution in [2.24, 2.45) is 0 Å². The molecule has 0 amide bonds. The molecule has 1 heterocycles. The zero-order valence-electron chi connectivity index (χ0n) is 10.5. The minimum Gasteiger partial charge on any atom is -0.366 e. The highest BCUT2D eigenvalue weighted by Crippen LogP contribution is 2.34. The Balaban J connectivity index is 2.41. The number of nitrogens with zero attached hydrogens (tertiary/aromatic N) is 2. The van der Waals surface area contributed by atoms with Crippen LogP contribution in [0.5, 0.6) is 0 Å². The van der Waals surface area contributed by atoms with Crippen LogP contribution in [-0.4, -0.2) is 25.7 Å². The average molecular weight is 269 g/mol. The fraction of sp³-hybridized carbons (Fsp3) is 0.462. The van der Waals surface area contributed by atoms with E-state index in [0.717, 1.165) is 19.2 Å². The number of anilines is 1. The first-order valence-corrected chi connectivity index (χ1v) is 6.02. The number of rotatable bonds is 1. The Morgan fingerprint density at radius 2 is 2.16 bits per heavy atom. The topological polar surface area (TPSA) is 39.1 Å². The van der Waals surface area contributed by atoms with Crippen LogP contribution in [0.1, 0.15) is 18.1 Å². The third kappa shape index (κ3) is 2.82. The Bertz CT molecular complexity index is 505. The van der Waals surface area contributed by atoms with Gasteiger partial charge in [0.25, 0.3) is 0 Å². The van der Waals surface area contributed by atoms with E-state index < -0.39 is 11.7 Å². The summed E-state index contributed by atoms with van der Waals surface area (Å²) in [6, 6.07) is 5.61. The van der Waals surface area contributed by atoms with Gasteiger partial charge in [-0.3, -0.25) is 0 Å². The minimum absolute atomic E-state index is 0.128. The Morgan fingerprint density at radius 1 is 1.42 bits per heavy atom. The van der Waals surface area contributed by atoms with Gasteiger partial charge in [0.15, 0.2) is 0 Å². The lowest BCUT2D eigenvalue weighted by Crippen LogP contribution is -2.50. The molecular formula is C13H14F3N3. The van der Waals surface area contributed by atoms with E-state index in [-0.39, 0.29) is 11.6 Å². The van der Waals surface area contributed by atoms with Crippen LogP contribution >= 0.6 is 0 Å². The second kappa shape index (κ2) is 5.10. The SMILES string of the molecule is C[C@@H]1CNCCN1c1ccc(C#N)c(C(F)(F)F)c1. The zero-order chi connectivity index (χ0) is 14.0. The van der Waals surface area contributed by atoms with Gasteiger partial charge in [-0.2, -0.15) is 18.4 Å². The highest BCUT2D eigenvalue weighted by Gasteiger charge is 2.34. The summed E-state index contributed by atoms with van der Waals surface area (Å²) < 4.78 is 38.7. The van der Waals surface area contributed by atoms with Gasteiger partial charge < -0.3 is 10.2 Å². The van der Waals surface area contributed by atoms with Crippen LogP contribution in [0, 0.1) is 11.3 Å².